The molecule has 2 aliphatic rings. The normalized spacial score (nSPS) is 24.5. The molecule has 2 atom stereocenters. The fourth-order valence-corrected chi connectivity index (χ4v) is 4.36. The first-order valence-electron chi connectivity index (χ1n) is 8.92. The fraction of sp³-hybridized carbons (Fsp3) is 0.526. The van der Waals surface area contributed by atoms with E-state index < -0.39 is 0 Å². The van der Waals surface area contributed by atoms with Gasteiger partial charge >= 0.3 is 0 Å². The molecule has 1 aromatic heterocycles. The van der Waals surface area contributed by atoms with Gasteiger partial charge in [0.1, 0.15) is 5.69 Å². The number of aromatic nitrogens is 2. The number of likely N-dealkylation sites (tertiary alicyclic amines) is 1. The van der Waals surface area contributed by atoms with Gasteiger partial charge in [0.2, 0.25) is 0 Å². The van der Waals surface area contributed by atoms with E-state index >= 15 is 0 Å². The molecule has 5 heteroatoms. The maximum absolute atomic E-state index is 13.0. The summed E-state index contributed by atoms with van der Waals surface area (Å²) >= 11 is 0. The molecule has 0 aliphatic carbocycles. The maximum atomic E-state index is 13.0. The summed E-state index contributed by atoms with van der Waals surface area (Å²) < 4.78 is 0. The summed E-state index contributed by atoms with van der Waals surface area (Å²) in [7, 11) is 0. The number of fused-ring (bicyclic) bond motifs is 3. The largest absolute Gasteiger partial charge is 0.336 e. The van der Waals surface area contributed by atoms with Crippen molar-refractivity contribution in [3.63, 3.8) is 0 Å². The number of amides is 1. The minimum atomic E-state index is 0.0181. The molecular weight excluding hydrogens is 300 g/mol. The summed E-state index contributed by atoms with van der Waals surface area (Å²) in [5.74, 6) is 0.0181. The molecular formula is C19H24N4O. The third-order valence-corrected chi connectivity index (χ3v) is 5.39. The van der Waals surface area contributed by atoms with Gasteiger partial charge in [-0.25, -0.2) is 4.98 Å². The molecule has 2 unspecified atom stereocenters. The van der Waals surface area contributed by atoms with Crippen LogP contribution in [-0.4, -0.2) is 56.9 Å². The molecule has 5 nitrogen and oxygen atoms in total. The van der Waals surface area contributed by atoms with Gasteiger partial charge in [-0.05, 0) is 45.2 Å². The first-order valence-corrected chi connectivity index (χ1v) is 8.92. The van der Waals surface area contributed by atoms with Gasteiger partial charge < -0.3 is 4.90 Å². The number of hydrogen-bond donors (Lipinski definition) is 0. The van der Waals surface area contributed by atoms with E-state index in [2.05, 4.69) is 28.7 Å². The van der Waals surface area contributed by atoms with Crippen LogP contribution >= 0.6 is 0 Å². The Kier molecular flexibility index (Phi) is 3.96. The Morgan fingerprint density at radius 1 is 1.12 bits per heavy atom. The third kappa shape index (κ3) is 2.67. The van der Waals surface area contributed by atoms with Crippen LogP contribution in [0, 0.1) is 0 Å². The molecule has 0 spiro atoms. The van der Waals surface area contributed by atoms with Crippen LogP contribution in [0.4, 0.5) is 0 Å². The lowest BCUT2D eigenvalue weighted by Crippen LogP contribution is -2.44. The number of rotatable bonds is 2. The van der Waals surface area contributed by atoms with Crippen molar-refractivity contribution in [2.75, 3.05) is 13.1 Å². The Hall–Kier alpha value is -2.01. The summed E-state index contributed by atoms with van der Waals surface area (Å²) in [6.45, 7) is 6.15. The van der Waals surface area contributed by atoms with Crippen LogP contribution < -0.4 is 0 Å². The van der Waals surface area contributed by atoms with Crippen molar-refractivity contribution in [1.29, 1.82) is 0 Å². The van der Waals surface area contributed by atoms with Gasteiger partial charge in [-0.15, -0.1) is 0 Å². The molecule has 126 valence electrons. The highest BCUT2D eigenvalue weighted by Crippen LogP contribution is 2.32. The van der Waals surface area contributed by atoms with Gasteiger partial charge in [-0.1, -0.05) is 12.1 Å². The molecule has 0 radical (unpaired) electrons. The lowest BCUT2D eigenvalue weighted by molar-refractivity contribution is 0.0722. The molecule has 2 aromatic rings. The quantitative estimate of drug-likeness (QED) is 0.852. The van der Waals surface area contributed by atoms with Gasteiger partial charge in [-0.2, -0.15) is 0 Å². The van der Waals surface area contributed by atoms with Crippen LogP contribution in [0.3, 0.4) is 0 Å². The molecule has 0 N–H and O–H groups in total. The molecule has 3 heterocycles. The van der Waals surface area contributed by atoms with E-state index in [1.807, 2.05) is 29.2 Å². The predicted molar refractivity (Wildman–Crippen MR) is 93.8 cm³/mol. The second kappa shape index (κ2) is 6.13. The number of carbonyl (C=O) groups excluding carboxylic acids is 1. The predicted octanol–water partition coefficient (Wildman–Crippen LogP) is 2.72. The molecule has 4 rings (SSSR count). The van der Waals surface area contributed by atoms with Crippen molar-refractivity contribution >= 4 is 16.9 Å². The van der Waals surface area contributed by atoms with E-state index in [1.54, 1.807) is 6.20 Å². The molecule has 1 amide bonds. The highest BCUT2D eigenvalue weighted by molar-refractivity contribution is 5.93. The monoisotopic (exact) mass is 324 g/mol. The smallest absolute Gasteiger partial charge is 0.274 e. The van der Waals surface area contributed by atoms with E-state index in [4.69, 9.17) is 0 Å². The second-order valence-corrected chi connectivity index (χ2v) is 7.21. The Morgan fingerprint density at radius 3 is 2.67 bits per heavy atom. The highest BCUT2D eigenvalue weighted by atomic mass is 16.2. The van der Waals surface area contributed by atoms with Crippen LogP contribution in [0.5, 0.6) is 0 Å². The highest BCUT2D eigenvalue weighted by Gasteiger charge is 2.39. The minimum Gasteiger partial charge on any atom is -0.336 e. The first kappa shape index (κ1) is 15.5. The Bertz CT molecular complexity index is 760. The van der Waals surface area contributed by atoms with Crippen molar-refractivity contribution in [2.45, 2.75) is 51.2 Å². The van der Waals surface area contributed by atoms with Crippen molar-refractivity contribution in [2.24, 2.45) is 0 Å². The molecule has 2 fully saturated rings. The van der Waals surface area contributed by atoms with Gasteiger partial charge in [0.25, 0.3) is 5.91 Å². The lowest BCUT2D eigenvalue weighted by atomic mass is 10.1. The molecule has 2 aliphatic heterocycles. The van der Waals surface area contributed by atoms with Gasteiger partial charge in [0.05, 0.1) is 17.2 Å². The third-order valence-electron chi connectivity index (χ3n) is 5.39. The molecule has 1 aromatic carbocycles. The number of nitrogens with zero attached hydrogens (tertiary/aromatic N) is 4. The van der Waals surface area contributed by atoms with Crippen molar-refractivity contribution in [1.82, 2.24) is 19.8 Å². The average Bonchev–Trinajstić information content (AvgIpc) is 2.88. The zero-order valence-corrected chi connectivity index (χ0v) is 14.4. The van der Waals surface area contributed by atoms with E-state index in [0.717, 1.165) is 30.5 Å². The summed E-state index contributed by atoms with van der Waals surface area (Å²) in [6.07, 6.45) is 5.13. The standard InChI is InChI=1S/C19H24N4O/c1-13(2)23-14-7-8-15(23)12-22(10-9-14)19(24)18-11-20-16-5-3-4-6-17(16)21-18/h3-6,11,13-15H,7-10,12H2,1-2H3. The van der Waals surface area contributed by atoms with Crippen molar-refractivity contribution in [3.8, 4) is 0 Å². The minimum absolute atomic E-state index is 0.0181. The van der Waals surface area contributed by atoms with Crippen LogP contribution in [0.15, 0.2) is 30.5 Å². The maximum Gasteiger partial charge on any atom is 0.274 e. The van der Waals surface area contributed by atoms with Crippen LogP contribution in [-0.2, 0) is 0 Å². The van der Waals surface area contributed by atoms with E-state index in [-0.39, 0.29) is 5.91 Å². The van der Waals surface area contributed by atoms with Crippen molar-refractivity contribution in [3.05, 3.63) is 36.2 Å². The molecule has 2 saturated heterocycles. The van der Waals surface area contributed by atoms with Gasteiger partial charge in [-0.3, -0.25) is 14.7 Å². The number of carbonyl (C=O) groups is 1. The summed E-state index contributed by atoms with van der Waals surface area (Å²) in [6, 6.07) is 9.33. The van der Waals surface area contributed by atoms with Crippen LogP contribution in [0.2, 0.25) is 0 Å². The topological polar surface area (TPSA) is 49.3 Å². The number of para-hydroxylation sites is 2. The Balaban J connectivity index is 1.57. The van der Waals surface area contributed by atoms with E-state index in [1.165, 1.54) is 12.8 Å². The lowest BCUT2D eigenvalue weighted by Gasteiger charge is -2.32. The van der Waals surface area contributed by atoms with E-state index in [9.17, 15) is 4.79 Å². The summed E-state index contributed by atoms with van der Waals surface area (Å²) in [4.78, 5) is 26.5. The summed E-state index contributed by atoms with van der Waals surface area (Å²) in [5, 5.41) is 0. The van der Waals surface area contributed by atoms with Crippen LogP contribution in [0.25, 0.3) is 11.0 Å². The van der Waals surface area contributed by atoms with Gasteiger partial charge in [0.15, 0.2) is 0 Å². The number of hydrogen-bond acceptors (Lipinski definition) is 4. The Morgan fingerprint density at radius 2 is 1.88 bits per heavy atom. The zero-order valence-electron chi connectivity index (χ0n) is 14.4. The van der Waals surface area contributed by atoms with E-state index in [0.29, 0.717) is 23.8 Å². The molecule has 2 bridgehead atoms. The molecule has 24 heavy (non-hydrogen) atoms. The molecule has 0 saturated carbocycles. The zero-order chi connectivity index (χ0) is 16.7. The second-order valence-electron chi connectivity index (χ2n) is 7.21. The number of benzene rings is 1. The summed E-state index contributed by atoms with van der Waals surface area (Å²) in [5.41, 5.74) is 2.07. The fourth-order valence-electron chi connectivity index (χ4n) is 4.36. The first-order chi connectivity index (χ1) is 11.6. The average molecular weight is 324 g/mol. The Labute approximate surface area is 142 Å². The van der Waals surface area contributed by atoms with Crippen LogP contribution in [0.1, 0.15) is 43.6 Å². The van der Waals surface area contributed by atoms with Crippen molar-refractivity contribution < 1.29 is 4.79 Å². The SMILES string of the molecule is CC(C)N1C2CCC1CN(C(=O)c1cnc3ccccc3n1)CC2. The van der Waals surface area contributed by atoms with Gasteiger partial charge in [0, 0.05) is 31.2 Å².